The molecule has 0 aliphatic carbocycles. The van der Waals surface area contributed by atoms with Gasteiger partial charge in [-0.1, -0.05) is 18.2 Å². The van der Waals surface area contributed by atoms with Gasteiger partial charge in [0, 0.05) is 19.7 Å². The molecule has 2 N–H and O–H groups in total. The average Bonchev–Trinajstić information content (AvgIpc) is 3.12. The van der Waals surface area contributed by atoms with Gasteiger partial charge in [-0.15, -0.1) is 24.0 Å². The highest BCUT2D eigenvalue weighted by atomic mass is 127. The van der Waals surface area contributed by atoms with Crippen LogP contribution in [0.3, 0.4) is 0 Å². The van der Waals surface area contributed by atoms with Crippen molar-refractivity contribution in [2.45, 2.75) is 45.4 Å². The standard InChI is InChI=1S/C19H31N3O3.HI/c1-14-7-5-6-8-18(14)25-16(3)11-21-19(20-4)22-15(2)12-24-17-9-10-23-13-17;/h5-8,15-17H,9-13H2,1-4H3,(H2,20,21,22);1H. The monoisotopic (exact) mass is 477 g/mol. The second kappa shape index (κ2) is 12.3. The van der Waals surface area contributed by atoms with Crippen molar-refractivity contribution < 1.29 is 14.2 Å². The minimum atomic E-state index is 0. The summed E-state index contributed by atoms with van der Waals surface area (Å²) >= 11 is 0. The Morgan fingerprint density at radius 2 is 2.12 bits per heavy atom. The average molecular weight is 477 g/mol. The highest BCUT2D eigenvalue weighted by molar-refractivity contribution is 14.0. The van der Waals surface area contributed by atoms with E-state index >= 15 is 0 Å². The van der Waals surface area contributed by atoms with E-state index in [4.69, 9.17) is 14.2 Å². The number of benzene rings is 1. The zero-order chi connectivity index (χ0) is 18.1. The summed E-state index contributed by atoms with van der Waals surface area (Å²) in [5.74, 6) is 1.67. The molecule has 148 valence electrons. The number of ether oxygens (including phenoxy) is 3. The molecule has 1 fully saturated rings. The normalized spacial score (nSPS) is 19.4. The number of hydrogen-bond acceptors (Lipinski definition) is 4. The van der Waals surface area contributed by atoms with E-state index in [2.05, 4.69) is 22.5 Å². The molecular weight excluding hydrogens is 445 g/mol. The first-order valence-corrected chi connectivity index (χ1v) is 8.97. The smallest absolute Gasteiger partial charge is 0.191 e. The van der Waals surface area contributed by atoms with Gasteiger partial charge in [-0.05, 0) is 38.8 Å². The van der Waals surface area contributed by atoms with Crippen LogP contribution in [-0.4, -0.2) is 57.6 Å². The van der Waals surface area contributed by atoms with Crippen molar-refractivity contribution in [1.82, 2.24) is 10.6 Å². The van der Waals surface area contributed by atoms with Gasteiger partial charge in [-0.3, -0.25) is 4.99 Å². The van der Waals surface area contributed by atoms with Crippen LogP contribution in [-0.2, 0) is 9.47 Å². The fraction of sp³-hybridized carbons (Fsp3) is 0.632. The second-order valence-corrected chi connectivity index (χ2v) is 6.51. The van der Waals surface area contributed by atoms with Crippen LogP contribution in [0.2, 0.25) is 0 Å². The molecule has 1 aliphatic rings. The summed E-state index contributed by atoms with van der Waals surface area (Å²) in [6, 6.07) is 8.20. The lowest BCUT2D eigenvalue weighted by molar-refractivity contribution is 0.0347. The van der Waals surface area contributed by atoms with Crippen LogP contribution < -0.4 is 15.4 Å². The summed E-state index contributed by atoms with van der Waals surface area (Å²) in [5.41, 5.74) is 1.14. The van der Waals surface area contributed by atoms with Gasteiger partial charge in [-0.25, -0.2) is 0 Å². The molecule has 0 amide bonds. The molecule has 0 aromatic heterocycles. The van der Waals surface area contributed by atoms with Crippen LogP contribution in [0.5, 0.6) is 5.75 Å². The maximum atomic E-state index is 5.98. The number of hydrogen-bond donors (Lipinski definition) is 2. The van der Waals surface area contributed by atoms with Crippen molar-refractivity contribution in [3.63, 3.8) is 0 Å². The third-order valence-electron chi connectivity index (χ3n) is 4.06. The van der Waals surface area contributed by atoms with Gasteiger partial charge in [0.1, 0.15) is 11.9 Å². The quantitative estimate of drug-likeness (QED) is 0.343. The zero-order valence-electron chi connectivity index (χ0n) is 16.2. The Hall–Kier alpha value is -1.06. The molecule has 0 radical (unpaired) electrons. The van der Waals surface area contributed by atoms with Gasteiger partial charge in [0.05, 0.1) is 25.9 Å². The van der Waals surface area contributed by atoms with Gasteiger partial charge >= 0.3 is 0 Å². The summed E-state index contributed by atoms with van der Waals surface area (Å²) in [6.45, 7) is 8.96. The fourth-order valence-electron chi connectivity index (χ4n) is 2.58. The van der Waals surface area contributed by atoms with Crippen molar-refractivity contribution in [2.24, 2.45) is 4.99 Å². The van der Waals surface area contributed by atoms with Crippen LogP contribution in [0.4, 0.5) is 0 Å². The van der Waals surface area contributed by atoms with Crippen molar-refractivity contribution in [1.29, 1.82) is 0 Å². The van der Waals surface area contributed by atoms with E-state index < -0.39 is 0 Å². The van der Waals surface area contributed by atoms with Gasteiger partial charge in [-0.2, -0.15) is 0 Å². The molecule has 1 saturated heterocycles. The third kappa shape index (κ3) is 8.09. The van der Waals surface area contributed by atoms with Crippen LogP contribution in [0.25, 0.3) is 0 Å². The number of nitrogens with one attached hydrogen (secondary N) is 2. The summed E-state index contributed by atoms with van der Waals surface area (Å²) in [4.78, 5) is 4.26. The van der Waals surface area contributed by atoms with Crippen molar-refractivity contribution >= 4 is 29.9 Å². The first kappa shape index (κ1) is 23.0. The number of aryl methyl sites for hydroxylation is 1. The van der Waals surface area contributed by atoms with Crippen molar-refractivity contribution in [3.8, 4) is 5.75 Å². The summed E-state index contributed by atoms with van der Waals surface area (Å²) < 4.78 is 17.1. The predicted octanol–water partition coefficient (Wildman–Crippen LogP) is 2.74. The van der Waals surface area contributed by atoms with Crippen LogP contribution in [0, 0.1) is 6.92 Å². The molecule has 7 heteroatoms. The molecule has 3 unspecified atom stereocenters. The van der Waals surface area contributed by atoms with Gasteiger partial charge in [0.2, 0.25) is 0 Å². The SMILES string of the molecule is CN=C(NCC(C)Oc1ccccc1C)NC(C)COC1CCOC1.I. The zero-order valence-corrected chi connectivity index (χ0v) is 18.5. The second-order valence-electron chi connectivity index (χ2n) is 6.51. The highest BCUT2D eigenvalue weighted by Gasteiger charge is 2.17. The Bertz CT molecular complexity index is 551. The van der Waals surface area contributed by atoms with Crippen molar-refractivity contribution in [2.75, 3.05) is 33.4 Å². The minimum Gasteiger partial charge on any atom is -0.489 e. The Morgan fingerprint density at radius 3 is 2.77 bits per heavy atom. The number of nitrogens with zero attached hydrogens (tertiary/aromatic N) is 1. The Balaban J connectivity index is 0.00000338. The summed E-state index contributed by atoms with van der Waals surface area (Å²) in [5, 5.41) is 6.64. The molecule has 1 heterocycles. The van der Waals surface area contributed by atoms with Crippen molar-refractivity contribution in [3.05, 3.63) is 29.8 Å². The molecule has 1 aromatic rings. The molecule has 26 heavy (non-hydrogen) atoms. The highest BCUT2D eigenvalue weighted by Crippen LogP contribution is 2.17. The largest absolute Gasteiger partial charge is 0.489 e. The van der Waals surface area contributed by atoms with E-state index in [1.165, 1.54) is 0 Å². The molecule has 0 bridgehead atoms. The molecule has 0 saturated carbocycles. The Kier molecular flexibility index (Phi) is 10.9. The third-order valence-corrected chi connectivity index (χ3v) is 4.06. The number of para-hydroxylation sites is 1. The van der Waals surface area contributed by atoms with Crippen LogP contribution in [0.15, 0.2) is 29.3 Å². The number of rotatable bonds is 8. The Labute approximate surface area is 174 Å². The first-order chi connectivity index (χ1) is 12.1. The van der Waals surface area contributed by atoms with E-state index in [-0.39, 0.29) is 42.2 Å². The lowest BCUT2D eigenvalue weighted by Crippen LogP contribution is -2.46. The van der Waals surface area contributed by atoms with E-state index in [0.29, 0.717) is 19.8 Å². The van der Waals surface area contributed by atoms with E-state index in [1.54, 1.807) is 7.05 Å². The minimum absolute atomic E-state index is 0. The molecule has 6 nitrogen and oxygen atoms in total. The van der Waals surface area contributed by atoms with Crippen LogP contribution in [0.1, 0.15) is 25.8 Å². The van der Waals surface area contributed by atoms with Gasteiger partial charge in [0.25, 0.3) is 0 Å². The topological polar surface area (TPSA) is 64.1 Å². The maximum absolute atomic E-state index is 5.98. The lowest BCUT2D eigenvalue weighted by atomic mass is 10.2. The Morgan fingerprint density at radius 1 is 1.35 bits per heavy atom. The van der Waals surface area contributed by atoms with Gasteiger partial charge < -0.3 is 24.8 Å². The van der Waals surface area contributed by atoms with Gasteiger partial charge in [0.15, 0.2) is 5.96 Å². The lowest BCUT2D eigenvalue weighted by Gasteiger charge is -2.22. The van der Waals surface area contributed by atoms with E-state index in [9.17, 15) is 0 Å². The first-order valence-electron chi connectivity index (χ1n) is 8.97. The van der Waals surface area contributed by atoms with E-state index in [0.717, 1.165) is 30.3 Å². The maximum Gasteiger partial charge on any atom is 0.191 e. The van der Waals surface area contributed by atoms with E-state index in [1.807, 2.05) is 38.1 Å². The number of guanidine groups is 1. The van der Waals surface area contributed by atoms with Crippen LogP contribution >= 0.6 is 24.0 Å². The summed E-state index contributed by atoms with van der Waals surface area (Å²) in [6.07, 6.45) is 1.23. The predicted molar refractivity (Wildman–Crippen MR) is 116 cm³/mol. The fourth-order valence-corrected chi connectivity index (χ4v) is 2.58. The molecule has 0 spiro atoms. The molecule has 2 rings (SSSR count). The molecular formula is C19H32IN3O3. The number of aliphatic imine (C=N–C) groups is 1. The molecule has 1 aromatic carbocycles. The molecule has 1 aliphatic heterocycles. The summed E-state index contributed by atoms with van der Waals surface area (Å²) in [7, 11) is 1.76. The molecule has 3 atom stereocenters. The number of halogens is 1.